The summed E-state index contributed by atoms with van der Waals surface area (Å²) in [6.07, 6.45) is 18.1. The minimum Gasteiger partial charge on any atom is -0.549 e. The molecule has 0 atom stereocenters. The third kappa shape index (κ3) is 71.6. The van der Waals surface area contributed by atoms with E-state index in [1.165, 1.54) is 51.5 Å². The predicted octanol–water partition coefficient (Wildman–Crippen LogP) is -3.84. The average Bonchev–Trinajstić information content (AvgIpc) is 0.902. The Bertz CT molecular complexity index is 2260. The van der Waals surface area contributed by atoms with Crippen LogP contribution in [0.3, 0.4) is 0 Å². The van der Waals surface area contributed by atoms with E-state index in [4.69, 9.17) is 5.73 Å². The summed E-state index contributed by atoms with van der Waals surface area (Å²) in [6.45, 7) is 42.9. The van der Waals surface area contributed by atoms with E-state index in [0.29, 0.717) is 98.2 Å². The molecule has 0 aromatic heterocycles. The summed E-state index contributed by atoms with van der Waals surface area (Å²) in [6, 6.07) is 0. The van der Waals surface area contributed by atoms with E-state index in [9.17, 15) is 73.8 Å². The van der Waals surface area contributed by atoms with Crippen LogP contribution >= 0.6 is 0 Å². The number of unbranched alkanes of at least 4 members (excludes halogenated alkanes) is 12. The number of likely N-dealkylation sites (N-methyl/N-ethyl adjacent to an activating group) is 3. The first-order valence-corrected chi connectivity index (χ1v) is 43.7. The normalized spacial score (nSPS) is 17.2. The number of carbonyl (C=O) groups is 9. The van der Waals surface area contributed by atoms with Gasteiger partial charge in [-0.3, -0.25) is 72.9 Å². The van der Waals surface area contributed by atoms with Gasteiger partial charge in [-0.2, -0.15) is 0 Å². The number of hydrogen-bond acceptors (Lipinski definition) is 29. The van der Waals surface area contributed by atoms with E-state index in [1.807, 2.05) is 9.80 Å². The molecule has 0 aromatic carbocycles. The molecule has 0 unspecified atom stereocenters. The van der Waals surface area contributed by atoms with E-state index >= 15 is 0 Å². The van der Waals surface area contributed by atoms with Crippen molar-refractivity contribution in [2.75, 3.05) is 314 Å². The summed E-state index contributed by atoms with van der Waals surface area (Å²) in [5, 5.41) is 83.7. The van der Waals surface area contributed by atoms with Gasteiger partial charge in [-0.05, 0) is 130 Å². The van der Waals surface area contributed by atoms with Gasteiger partial charge in [-0.1, -0.05) is 99.8 Å². The van der Waals surface area contributed by atoms with Crippen LogP contribution in [0.1, 0.15) is 151 Å². The van der Waals surface area contributed by atoms with E-state index in [1.54, 1.807) is 29.4 Å². The quantitative estimate of drug-likeness (QED) is 0.0260. The zero-order chi connectivity index (χ0) is 85.3. The number of hydrogen-bond donors (Lipinski definition) is 11. The van der Waals surface area contributed by atoms with Crippen molar-refractivity contribution in [3.05, 3.63) is 0 Å². The number of carboxylic acids is 6. The molecule has 1 radical (unpaired) electrons. The van der Waals surface area contributed by atoms with Crippen LogP contribution in [0.4, 0.5) is 0 Å². The van der Waals surface area contributed by atoms with E-state index in [0.717, 1.165) is 189 Å². The number of amides is 3. The molecule has 35 nitrogen and oxygen atoms in total. The fourth-order valence-corrected chi connectivity index (χ4v) is 13.3. The monoisotopic (exact) mass is 1800 g/mol. The van der Waals surface area contributed by atoms with Crippen LogP contribution in [-0.2, 0) is 43.2 Å². The molecule has 3 heterocycles. The number of carboxylic acid groups (broad SMARTS) is 6. The maximum absolute atomic E-state index is 12.6. The molecule has 3 fully saturated rings. The van der Waals surface area contributed by atoms with Gasteiger partial charge in [0.05, 0.1) is 57.2 Å². The molecule has 12 N–H and O–H groups in total. The topological polar surface area (TPSA) is 433 Å². The molecule has 116 heavy (non-hydrogen) atoms. The van der Waals surface area contributed by atoms with Crippen LogP contribution in [0.5, 0.6) is 0 Å². The van der Waals surface area contributed by atoms with Gasteiger partial charge in [0.15, 0.2) is 0 Å². The van der Waals surface area contributed by atoms with Crippen molar-refractivity contribution in [1.29, 1.82) is 0 Å². The third-order valence-corrected chi connectivity index (χ3v) is 20.5. The second-order valence-electron chi connectivity index (χ2n) is 30.0. The fraction of sp³-hybridized carbons (Fsp3) is 0.887. The van der Waals surface area contributed by atoms with Crippen LogP contribution in [0.15, 0.2) is 0 Å². The van der Waals surface area contributed by atoms with Crippen molar-refractivity contribution in [1.82, 2.24) is 96.0 Å². The molecule has 3 saturated heterocycles. The first-order valence-electron chi connectivity index (χ1n) is 43.7. The molecule has 0 spiro atoms. The molecule has 3 aliphatic rings. The summed E-state index contributed by atoms with van der Waals surface area (Å²) >= 11 is 0. The van der Waals surface area contributed by atoms with Crippen molar-refractivity contribution in [3.63, 3.8) is 0 Å². The molecule has 3 aliphatic heterocycles. The molecule has 0 saturated carbocycles. The van der Waals surface area contributed by atoms with Crippen molar-refractivity contribution in [3.8, 4) is 0 Å². The van der Waals surface area contributed by atoms with E-state index < -0.39 is 35.8 Å². The summed E-state index contributed by atoms with van der Waals surface area (Å²) in [5.41, 5.74) is 5.35. The first kappa shape index (κ1) is 114. The Morgan fingerprint density at radius 2 is 0.414 bits per heavy atom. The number of rotatable bonds is 52. The minimum absolute atomic E-state index is 0. The summed E-state index contributed by atoms with van der Waals surface area (Å²) in [4.78, 5) is 129. The zero-order valence-corrected chi connectivity index (χ0v) is 75.1. The Hall–Kier alpha value is -4.13. The van der Waals surface area contributed by atoms with Gasteiger partial charge >= 0.3 is 57.8 Å². The molecular formula is C80H161GdN20O15. The Morgan fingerprint density at radius 3 is 0.578 bits per heavy atom. The van der Waals surface area contributed by atoms with Gasteiger partial charge < -0.3 is 103 Å². The van der Waals surface area contributed by atoms with Gasteiger partial charge in [0.2, 0.25) is 17.7 Å². The number of nitrogens with zero attached hydrogens (tertiary/aromatic N) is 12. The molecule has 3 rings (SSSR count). The Labute approximate surface area is 729 Å². The largest absolute Gasteiger partial charge is 3.00 e. The number of aliphatic carboxylic acids is 6. The van der Waals surface area contributed by atoms with Crippen molar-refractivity contribution < 1.29 is 114 Å². The van der Waals surface area contributed by atoms with Gasteiger partial charge in [0.1, 0.15) is 0 Å². The molecule has 679 valence electrons. The molecular weight excluding hydrogens is 1640 g/mol. The Balaban J connectivity index is 0. The third-order valence-electron chi connectivity index (χ3n) is 20.5. The van der Waals surface area contributed by atoms with E-state index in [2.05, 4.69) is 105 Å². The number of carbonyl (C=O) groups excluding carboxylic acids is 6. The van der Waals surface area contributed by atoms with Crippen LogP contribution in [0, 0.1) is 39.9 Å². The molecule has 0 aromatic rings. The predicted molar refractivity (Wildman–Crippen MR) is 448 cm³/mol. The van der Waals surface area contributed by atoms with Crippen LogP contribution in [-0.4, -0.2) is 442 Å². The molecule has 3 amide bonds. The maximum Gasteiger partial charge on any atom is 3.00 e. The minimum atomic E-state index is -1.27. The van der Waals surface area contributed by atoms with E-state index in [-0.39, 0.29) is 136 Å². The van der Waals surface area contributed by atoms with Crippen molar-refractivity contribution >= 4 is 53.5 Å². The second-order valence-corrected chi connectivity index (χ2v) is 30.0. The van der Waals surface area contributed by atoms with Crippen LogP contribution in [0.25, 0.3) is 0 Å². The SMILES string of the molecule is CCNCCCCCCN.CCNCCCCCCNC(=O)CN1CCN(CC(=O)O)CCN(CC(=O)O)CCN(CC(=O)O)CC1.CCNCCCCCCNC(=O)CN1CCN(CC(=O)[O-])CCN(CC(=O)[O-])CCN(CC(=O)[O-])CC1.CCNCCCCCCNC(=O)CN1CCN(CC)CCN(CC)CCN(CC)CC1.[Gd+3]. The summed E-state index contributed by atoms with van der Waals surface area (Å²) < 4.78 is 0. The summed E-state index contributed by atoms with van der Waals surface area (Å²) in [7, 11) is 0. The number of nitrogens with two attached hydrogens (primary N) is 1. The van der Waals surface area contributed by atoms with Gasteiger partial charge in [-0.15, -0.1) is 0 Å². The summed E-state index contributed by atoms with van der Waals surface area (Å²) in [5.74, 6) is -6.76. The van der Waals surface area contributed by atoms with Crippen LogP contribution < -0.4 is 58.3 Å². The molecule has 0 bridgehead atoms. The Kier molecular flexibility index (Phi) is 77.9. The van der Waals surface area contributed by atoms with Gasteiger partial charge in [-0.25, -0.2) is 0 Å². The smallest absolute Gasteiger partial charge is 0.549 e. The average molecular weight is 1800 g/mol. The van der Waals surface area contributed by atoms with Crippen molar-refractivity contribution in [2.45, 2.75) is 151 Å². The number of nitrogens with one attached hydrogen (secondary N) is 7. The maximum atomic E-state index is 12.6. The first-order chi connectivity index (χ1) is 55.4. The van der Waals surface area contributed by atoms with Gasteiger partial charge in [0, 0.05) is 196 Å². The molecule has 36 heteroatoms. The zero-order valence-electron chi connectivity index (χ0n) is 72.8. The van der Waals surface area contributed by atoms with Crippen molar-refractivity contribution in [2.24, 2.45) is 5.73 Å². The second kappa shape index (κ2) is 79.4. The van der Waals surface area contributed by atoms with Gasteiger partial charge in [0.25, 0.3) is 0 Å². The molecule has 0 aliphatic carbocycles. The Morgan fingerprint density at radius 1 is 0.250 bits per heavy atom. The van der Waals surface area contributed by atoms with Crippen LogP contribution in [0.2, 0.25) is 0 Å². The standard InChI is InChI=1S/2C24H46N6O7.C24H52N6O.C8H20N2.Gd/c2*1-2-25-7-5-3-4-6-8-26-21(31)17-27-9-11-28(18-22(32)33)13-15-30(20-24(36)37)16-14-29(12-10-27)19-23(34)35;1-5-25-13-11-9-10-12-14-26-24(31)23-30-21-19-28(7-3)17-15-27(6-2)16-18-29(8-4)20-22-30;1-2-10-8-6-4-3-5-7-9;/h2*25H,2-20H2,1H3,(H,26,31)(H,32,33)(H,34,35)(H,36,37);25H,5-23H2,1-4H3,(H,26,31);10H,2-9H2,1H3;/q;;;;+3/p-3. The fourth-order valence-electron chi connectivity index (χ4n) is 13.3.